The minimum Gasteiger partial charge on any atom is -0.464 e. The first-order chi connectivity index (χ1) is 8.08. The first-order valence-corrected chi connectivity index (χ1v) is 5.09. The smallest absolute Gasteiger partial charge is 0.374 e. The van der Waals surface area contributed by atoms with Crippen molar-refractivity contribution in [2.45, 2.75) is 0 Å². The number of methoxy groups -OCH3 is 1. The Morgan fingerprint density at radius 1 is 1.41 bits per heavy atom. The first-order valence-electron chi connectivity index (χ1n) is 4.21. The van der Waals surface area contributed by atoms with Crippen LogP contribution in [0.15, 0.2) is 10.5 Å². The number of oxime groups is 1. The zero-order chi connectivity index (χ0) is 12.8. The molecule has 0 spiro atoms. The lowest BCUT2D eigenvalue weighted by molar-refractivity contribution is -0.136. The van der Waals surface area contributed by atoms with Crippen LogP contribution in [0.3, 0.4) is 0 Å². The molecule has 9 heteroatoms. The first kappa shape index (κ1) is 12.9. The van der Waals surface area contributed by atoms with Crippen molar-refractivity contribution >= 4 is 34.1 Å². The van der Waals surface area contributed by atoms with Crippen molar-refractivity contribution in [1.82, 2.24) is 4.98 Å². The van der Waals surface area contributed by atoms with Gasteiger partial charge in [-0.1, -0.05) is 5.16 Å². The number of ether oxygens (including phenoxy) is 2. The standard InChI is InChI=1S/C8H9N3O5S/c1-14-6(12)5(11-15-2)7(13)16-4-3-17-8(9)10-4/h3H,1-2H3,(H2,9,10). The van der Waals surface area contributed by atoms with Crippen molar-refractivity contribution in [1.29, 1.82) is 0 Å². The Morgan fingerprint density at radius 2 is 2.12 bits per heavy atom. The molecule has 2 N–H and O–H groups in total. The number of carbonyl (C=O) groups is 2. The van der Waals surface area contributed by atoms with Gasteiger partial charge in [-0.25, -0.2) is 9.59 Å². The maximum Gasteiger partial charge on any atom is 0.374 e. The van der Waals surface area contributed by atoms with Crippen molar-refractivity contribution in [3.63, 3.8) is 0 Å². The topological polar surface area (TPSA) is 113 Å². The fraction of sp³-hybridized carbons (Fsp3) is 0.250. The number of anilines is 1. The summed E-state index contributed by atoms with van der Waals surface area (Å²) in [5, 5.41) is 4.85. The van der Waals surface area contributed by atoms with Gasteiger partial charge in [0.25, 0.3) is 5.71 Å². The Balaban J connectivity index is 2.79. The number of rotatable bonds is 4. The molecule has 0 aliphatic carbocycles. The van der Waals surface area contributed by atoms with Gasteiger partial charge in [0.1, 0.15) is 7.11 Å². The number of nitrogens with zero attached hydrogens (tertiary/aromatic N) is 2. The normalized spacial score (nSPS) is 10.8. The van der Waals surface area contributed by atoms with Gasteiger partial charge in [0, 0.05) is 0 Å². The Hall–Kier alpha value is -2.16. The van der Waals surface area contributed by atoms with Crippen LogP contribution in [0, 0.1) is 0 Å². The summed E-state index contributed by atoms with van der Waals surface area (Å²) in [5.74, 6) is -2.03. The third-order valence-corrected chi connectivity index (χ3v) is 2.11. The molecule has 1 rings (SSSR count). The molecule has 0 fully saturated rings. The molecule has 0 unspecified atom stereocenters. The van der Waals surface area contributed by atoms with E-state index in [2.05, 4.69) is 19.7 Å². The average molecular weight is 259 g/mol. The van der Waals surface area contributed by atoms with Crippen LogP contribution in [0.4, 0.5) is 5.13 Å². The number of hydrogen-bond donors (Lipinski definition) is 1. The number of thiazole rings is 1. The van der Waals surface area contributed by atoms with Crippen molar-refractivity contribution in [2.75, 3.05) is 20.0 Å². The third kappa shape index (κ3) is 3.41. The molecule has 17 heavy (non-hydrogen) atoms. The summed E-state index contributed by atoms with van der Waals surface area (Å²) in [5.41, 5.74) is 4.72. The predicted octanol–water partition coefficient (Wildman–Crippen LogP) is -0.194. The summed E-state index contributed by atoms with van der Waals surface area (Å²) >= 11 is 1.09. The molecule has 0 radical (unpaired) electrons. The van der Waals surface area contributed by atoms with E-state index in [0.29, 0.717) is 0 Å². The highest BCUT2D eigenvalue weighted by atomic mass is 32.1. The molecule has 1 heterocycles. The van der Waals surface area contributed by atoms with Crippen LogP contribution >= 0.6 is 11.3 Å². The van der Waals surface area contributed by atoms with E-state index in [1.807, 2.05) is 0 Å². The lowest BCUT2D eigenvalue weighted by atomic mass is 10.4. The van der Waals surface area contributed by atoms with Crippen LogP contribution in [-0.4, -0.2) is 36.9 Å². The Labute approximate surface area is 100.0 Å². The Morgan fingerprint density at radius 3 is 2.59 bits per heavy atom. The summed E-state index contributed by atoms with van der Waals surface area (Å²) < 4.78 is 9.08. The lowest BCUT2D eigenvalue weighted by Crippen LogP contribution is -2.29. The van der Waals surface area contributed by atoms with Gasteiger partial charge in [-0.15, -0.1) is 11.3 Å². The van der Waals surface area contributed by atoms with E-state index >= 15 is 0 Å². The Kier molecular flexibility index (Phi) is 4.40. The van der Waals surface area contributed by atoms with Crippen LogP contribution < -0.4 is 10.5 Å². The zero-order valence-corrected chi connectivity index (χ0v) is 9.82. The average Bonchev–Trinajstić information content (AvgIpc) is 2.70. The van der Waals surface area contributed by atoms with E-state index in [1.54, 1.807) is 0 Å². The van der Waals surface area contributed by atoms with E-state index in [1.165, 1.54) is 12.5 Å². The minimum absolute atomic E-state index is 0.0230. The van der Waals surface area contributed by atoms with Crippen LogP contribution in [0.1, 0.15) is 0 Å². The van der Waals surface area contributed by atoms with Crippen molar-refractivity contribution in [2.24, 2.45) is 5.16 Å². The zero-order valence-electron chi connectivity index (χ0n) is 9.00. The van der Waals surface area contributed by atoms with Gasteiger partial charge in [-0.05, 0) is 0 Å². The predicted molar refractivity (Wildman–Crippen MR) is 58.6 cm³/mol. The third-order valence-electron chi connectivity index (χ3n) is 1.45. The maximum atomic E-state index is 11.5. The number of hydrogen-bond acceptors (Lipinski definition) is 9. The molecule has 1 aromatic rings. The summed E-state index contributed by atoms with van der Waals surface area (Å²) in [7, 11) is 2.28. The van der Waals surface area contributed by atoms with Crippen LogP contribution in [0.2, 0.25) is 0 Å². The van der Waals surface area contributed by atoms with Gasteiger partial charge in [0.15, 0.2) is 5.13 Å². The highest BCUT2D eigenvalue weighted by molar-refractivity contribution is 7.13. The molecule has 0 saturated heterocycles. The van der Waals surface area contributed by atoms with E-state index < -0.39 is 17.7 Å². The fourth-order valence-corrected chi connectivity index (χ4v) is 1.27. The molecule has 0 saturated carbocycles. The quantitative estimate of drug-likeness (QED) is 0.345. The Bertz CT molecular complexity index is 456. The van der Waals surface area contributed by atoms with Gasteiger partial charge in [0.2, 0.25) is 5.88 Å². The number of nitrogen functional groups attached to an aromatic ring is 1. The number of carbonyl (C=O) groups excluding carboxylic acids is 2. The highest BCUT2D eigenvalue weighted by Gasteiger charge is 2.25. The molecular weight excluding hydrogens is 250 g/mol. The minimum atomic E-state index is -1.04. The van der Waals surface area contributed by atoms with Gasteiger partial charge in [0.05, 0.1) is 12.5 Å². The molecule has 1 aromatic heterocycles. The highest BCUT2D eigenvalue weighted by Crippen LogP contribution is 2.17. The molecule has 92 valence electrons. The molecular formula is C8H9N3O5S. The molecule has 0 bridgehead atoms. The van der Waals surface area contributed by atoms with Crippen LogP contribution in [-0.2, 0) is 19.2 Å². The lowest BCUT2D eigenvalue weighted by Gasteiger charge is -2.02. The maximum absolute atomic E-state index is 11.5. The van der Waals surface area contributed by atoms with Crippen molar-refractivity contribution in [3.8, 4) is 5.88 Å². The van der Waals surface area contributed by atoms with Crippen LogP contribution in [0.25, 0.3) is 0 Å². The van der Waals surface area contributed by atoms with Crippen molar-refractivity contribution < 1.29 is 23.9 Å². The monoisotopic (exact) mass is 259 g/mol. The van der Waals surface area contributed by atoms with Gasteiger partial charge in [-0.3, -0.25) is 0 Å². The SMILES string of the molecule is CON=C(C(=O)OC)C(=O)Oc1csc(N)n1. The van der Waals surface area contributed by atoms with Gasteiger partial charge < -0.3 is 20.0 Å². The van der Waals surface area contributed by atoms with Crippen LogP contribution in [0.5, 0.6) is 5.88 Å². The number of aromatic nitrogens is 1. The van der Waals surface area contributed by atoms with Gasteiger partial charge in [-0.2, -0.15) is 4.98 Å². The van der Waals surface area contributed by atoms with E-state index in [0.717, 1.165) is 18.4 Å². The molecule has 0 amide bonds. The number of esters is 2. The second-order valence-electron chi connectivity index (χ2n) is 2.53. The largest absolute Gasteiger partial charge is 0.464 e. The summed E-state index contributed by atoms with van der Waals surface area (Å²) in [6, 6.07) is 0. The van der Waals surface area contributed by atoms with Gasteiger partial charge >= 0.3 is 11.9 Å². The number of nitrogens with two attached hydrogens (primary N) is 1. The molecule has 8 nitrogen and oxygen atoms in total. The van der Waals surface area contributed by atoms with E-state index in [9.17, 15) is 9.59 Å². The molecule has 0 atom stereocenters. The molecule has 0 aromatic carbocycles. The summed E-state index contributed by atoms with van der Waals surface area (Å²) in [4.78, 5) is 30.7. The van der Waals surface area contributed by atoms with Crippen molar-refractivity contribution in [3.05, 3.63) is 5.38 Å². The molecule has 0 aliphatic rings. The second kappa shape index (κ2) is 5.80. The molecule has 0 aliphatic heterocycles. The fourth-order valence-electron chi connectivity index (χ4n) is 0.808. The second-order valence-corrected chi connectivity index (χ2v) is 3.42. The van der Waals surface area contributed by atoms with E-state index in [4.69, 9.17) is 10.5 Å². The summed E-state index contributed by atoms with van der Waals surface area (Å²) in [6.07, 6.45) is 0. The van der Waals surface area contributed by atoms with E-state index in [-0.39, 0.29) is 11.0 Å². The summed E-state index contributed by atoms with van der Waals surface area (Å²) in [6.45, 7) is 0.